The van der Waals surface area contributed by atoms with Crippen molar-refractivity contribution in [3.05, 3.63) is 16.1 Å². The highest BCUT2D eigenvalue weighted by molar-refractivity contribution is 7.09. The number of hydrogen-bond donors (Lipinski definition) is 0. The molecule has 0 fully saturated rings. The van der Waals surface area contributed by atoms with E-state index >= 15 is 0 Å². The first-order valence-electron chi connectivity index (χ1n) is 3.76. The first kappa shape index (κ1) is 9.68. The molecule has 0 N–H and O–H groups in total. The predicted molar refractivity (Wildman–Crippen MR) is 47.4 cm³/mol. The number of rotatable bonds is 3. The van der Waals surface area contributed by atoms with Crippen LogP contribution in [0.4, 0.5) is 0 Å². The van der Waals surface area contributed by atoms with Gasteiger partial charge in [0.15, 0.2) is 5.69 Å². The van der Waals surface area contributed by atoms with Crippen molar-refractivity contribution in [3.8, 4) is 6.07 Å². The normalized spacial score (nSPS) is 9.23. The minimum absolute atomic E-state index is 0.240. The van der Waals surface area contributed by atoms with Gasteiger partial charge < -0.3 is 4.74 Å². The lowest BCUT2D eigenvalue weighted by Crippen LogP contribution is -2.04. The Balaban J connectivity index is 2.69. The van der Waals surface area contributed by atoms with E-state index in [2.05, 4.69) is 4.98 Å². The molecule has 0 atom stereocenters. The summed E-state index contributed by atoms with van der Waals surface area (Å²) in [5.41, 5.74) is 0.289. The molecule has 13 heavy (non-hydrogen) atoms. The van der Waals surface area contributed by atoms with Gasteiger partial charge in [-0.15, -0.1) is 11.3 Å². The maximum Gasteiger partial charge on any atom is 0.357 e. The lowest BCUT2D eigenvalue weighted by Gasteiger charge is -1.95. The van der Waals surface area contributed by atoms with E-state index in [0.717, 1.165) is 0 Å². The fourth-order valence-electron chi connectivity index (χ4n) is 0.759. The second kappa shape index (κ2) is 4.58. The van der Waals surface area contributed by atoms with Gasteiger partial charge in [0, 0.05) is 5.38 Å². The number of esters is 1. The molecule has 0 aliphatic carbocycles. The molecular weight excluding hydrogens is 188 g/mol. The molecule has 5 heteroatoms. The highest BCUT2D eigenvalue weighted by Gasteiger charge is 2.10. The zero-order chi connectivity index (χ0) is 9.68. The van der Waals surface area contributed by atoms with Gasteiger partial charge >= 0.3 is 5.97 Å². The van der Waals surface area contributed by atoms with Crippen LogP contribution in [0, 0.1) is 11.3 Å². The predicted octanol–water partition coefficient (Wildman–Crippen LogP) is 1.39. The van der Waals surface area contributed by atoms with E-state index in [4.69, 9.17) is 10.00 Å². The molecule has 1 aromatic rings. The van der Waals surface area contributed by atoms with Gasteiger partial charge in [0.25, 0.3) is 0 Å². The van der Waals surface area contributed by atoms with Crippen molar-refractivity contribution < 1.29 is 9.53 Å². The van der Waals surface area contributed by atoms with Gasteiger partial charge in [-0.05, 0) is 6.92 Å². The molecular formula is C8H8N2O2S. The standard InChI is InChI=1S/C8H8N2O2S/c1-2-12-8(11)6-5-13-7(10-6)3-4-9/h5H,2-3H2,1H3. The molecule has 4 nitrogen and oxygen atoms in total. The highest BCUT2D eigenvalue weighted by Crippen LogP contribution is 2.10. The fourth-order valence-corrected chi connectivity index (χ4v) is 1.45. The van der Waals surface area contributed by atoms with Crippen LogP contribution in [0.1, 0.15) is 22.4 Å². The number of nitriles is 1. The number of hydrogen-bond acceptors (Lipinski definition) is 5. The Hall–Kier alpha value is -1.41. The summed E-state index contributed by atoms with van der Waals surface area (Å²) >= 11 is 1.29. The Kier molecular flexibility index (Phi) is 3.41. The van der Waals surface area contributed by atoms with Crippen LogP contribution >= 0.6 is 11.3 Å². The summed E-state index contributed by atoms with van der Waals surface area (Å²) < 4.78 is 4.74. The number of ether oxygens (including phenoxy) is 1. The van der Waals surface area contributed by atoms with E-state index in [1.165, 1.54) is 11.3 Å². The summed E-state index contributed by atoms with van der Waals surface area (Å²) in [6, 6.07) is 1.96. The van der Waals surface area contributed by atoms with Crippen molar-refractivity contribution in [1.29, 1.82) is 5.26 Å². The van der Waals surface area contributed by atoms with E-state index in [9.17, 15) is 4.79 Å². The molecule has 0 amide bonds. The Morgan fingerprint density at radius 2 is 2.62 bits per heavy atom. The molecule has 0 saturated carbocycles. The maximum absolute atomic E-state index is 11.1. The molecule has 0 aliphatic heterocycles. The number of nitrogens with zero attached hydrogens (tertiary/aromatic N) is 2. The molecule has 0 aliphatic rings. The van der Waals surface area contributed by atoms with Crippen LogP contribution in [-0.4, -0.2) is 17.6 Å². The molecule has 68 valence electrons. The third-order valence-electron chi connectivity index (χ3n) is 1.27. The van der Waals surface area contributed by atoms with E-state index in [1.807, 2.05) is 6.07 Å². The summed E-state index contributed by atoms with van der Waals surface area (Å²) in [7, 11) is 0. The van der Waals surface area contributed by atoms with Crippen LogP contribution in [0.3, 0.4) is 0 Å². The Morgan fingerprint density at radius 1 is 1.85 bits per heavy atom. The molecule has 1 rings (SSSR count). The van der Waals surface area contributed by atoms with Gasteiger partial charge in [0.2, 0.25) is 0 Å². The molecule has 0 radical (unpaired) electrons. The first-order valence-corrected chi connectivity index (χ1v) is 4.64. The molecule has 0 unspecified atom stereocenters. The molecule has 0 saturated heterocycles. The third kappa shape index (κ3) is 2.53. The number of carbonyl (C=O) groups is 1. The van der Waals surface area contributed by atoms with E-state index < -0.39 is 5.97 Å². The SMILES string of the molecule is CCOC(=O)c1csc(CC#N)n1. The Labute approximate surface area is 79.8 Å². The topological polar surface area (TPSA) is 63.0 Å². The van der Waals surface area contributed by atoms with Crippen LogP contribution < -0.4 is 0 Å². The number of thiazole rings is 1. The quantitative estimate of drug-likeness (QED) is 0.685. The van der Waals surface area contributed by atoms with E-state index in [1.54, 1.807) is 12.3 Å². The van der Waals surface area contributed by atoms with Crippen molar-refractivity contribution in [2.75, 3.05) is 6.61 Å². The lowest BCUT2D eigenvalue weighted by atomic mass is 10.4. The summed E-state index contributed by atoms with van der Waals surface area (Å²) in [5, 5.41) is 10.6. The second-order valence-corrected chi connectivity index (χ2v) is 3.12. The average molecular weight is 196 g/mol. The molecule has 0 aromatic carbocycles. The number of carbonyl (C=O) groups excluding carboxylic acids is 1. The van der Waals surface area contributed by atoms with E-state index in [0.29, 0.717) is 11.6 Å². The third-order valence-corrected chi connectivity index (χ3v) is 2.12. The van der Waals surface area contributed by atoms with Gasteiger partial charge in [-0.2, -0.15) is 5.26 Å². The Morgan fingerprint density at radius 3 is 3.23 bits per heavy atom. The van der Waals surface area contributed by atoms with Crippen molar-refractivity contribution in [2.45, 2.75) is 13.3 Å². The average Bonchev–Trinajstić information content (AvgIpc) is 2.54. The van der Waals surface area contributed by atoms with Gasteiger partial charge in [0.1, 0.15) is 5.01 Å². The van der Waals surface area contributed by atoms with Crippen molar-refractivity contribution in [1.82, 2.24) is 4.98 Å². The first-order chi connectivity index (χ1) is 6.27. The largest absolute Gasteiger partial charge is 0.461 e. The van der Waals surface area contributed by atoms with Crippen LogP contribution in [0.5, 0.6) is 0 Å². The summed E-state index contributed by atoms with van der Waals surface area (Å²) in [6.07, 6.45) is 0.240. The summed E-state index contributed by atoms with van der Waals surface area (Å²) in [4.78, 5) is 15.0. The van der Waals surface area contributed by atoms with Crippen LogP contribution in [0.15, 0.2) is 5.38 Å². The van der Waals surface area contributed by atoms with Crippen molar-refractivity contribution in [3.63, 3.8) is 0 Å². The minimum Gasteiger partial charge on any atom is -0.461 e. The molecule has 1 heterocycles. The molecule has 0 spiro atoms. The number of aromatic nitrogens is 1. The maximum atomic E-state index is 11.1. The van der Waals surface area contributed by atoms with Gasteiger partial charge in [0.05, 0.1) is 19.1 Å². The summed E-state index contributed by atoms with van der Waals surface area (Å²) in [5.74, 6) is -0.428. The van der Waals surface area contributed by atoms with Crippen LogP contribution in [0.25, 0.3) is 0 Å². The van der Waals surface area contributed by atoms with Gasteiger partial charge in [-0.1, -0.05) is 0 Å². The van der Waals surface area contributed by atoms with Crippen LogP contribution in [-0.2, 0) is 11.2 Å². The van der Waals surface area contributed by atoms with Crippen LogP contribution in [0.2, 0.25) is 0 Å². The Bertz CT molecular complexity index is 340. The van der Waals surface area contributed by atoms with Gasteiger partial charge in [-0.25, -0.2) is 9.78 Å². The fraction of sp³-hybridized carbons (Fsp3) is 0.375. The second-order valence-electron chi connectivity index (χ2n) is 2.18. The lowest BCUT2D eigenvalue weighted by molar-refractivity contribution is 0.0520. The van der Waals surface area contributed by atoms with Gasteiger partial charge in [-0.3, -0.25) is 0 Å². The zero-order valence-corrected chi connectivity index (χ0v) is 7.93. The van der Waals surface area contributed by atoms with Crippen molar-refractivity contribution in [2.24, 2.45) is 0 Å². The smallest absolute Gasteiger partial charge is 0.357 e. The highest BCUT2D eigenvalue weighted by atomic mass is 32.1. The zero-order valence-electron chi connectivity index (χ0n) is 7.11. The monoisotopic (exact) mass is 196 g/mol. The molecule has 1 aromatic heterocycles. The van der Waals surface area contributed by atoms with Crippen molar-refractivity contribution >= 4 is 17.3 Å². The van der Waals surface area contributed by atoms with E-state index in [-0.39, 0.29) is 12.1 Å². The molecule has 0 bridgehead atoms. The minimum atomic E-state index is -0.428. The summed E-state index contributed by atoms with van der Waals surface area (Å²) in [6.45, 7) is 2.07.